The van der Waals surface area contributed by atoms with Crippen molar-refractivity contribution in [1.82, 2.24) is 5.32 Å². The second-order valence-corrected chi connectivity index (χ2v) is 4.01. The molecule has 0 fully saturated rings. The van der Waals surface area contributed by atoms with Crippen LogP contribution in [-0.4, -0.2) is 22.0 Å². The fourth-order valence-electron chi connectivity index (χ4n) is 1.09. The number of carbonyl (C=O) groups excluding carboxylic acids is 1. The van der Waals surface area contributed by atoms with E-state index in [1.807, 2.05) is 0 Å². The first-order chi connectivity index (χ1) is 7.16. The van der Waals surface area contributed by atoms with Gasteiger partial charge in [-0.05, 0) is 18.6 Å². The summed E-state index contributed by atoms with van der Waals surface area (Å²) in [6.07, 6.45) is 0.821. The molecule has 0 saturated carbocycles. The molecule has 0 spiro atoms. The van der Waals surface area contributed by atoms with E-state index in [1.165, 1.54) is 12.1 Å². The van der Waals surface area contributed by atoms with Crippen LogP contribution in [0.2, 0.25) is 0 Å². The number of alkyl halides is 1. The molecule has 82 valence electrons. The van der Waals surface area contributed by atoms with Gasteiger partial charge in [0.25, 0.3) is 5.91 Å². The lowest BCUT2D eigenvalue weighted by Crippen LogP contribution is -2.25. The van der Waals surface area contributed by atoms with E-state index in [0.29, 0.717) is 6.54 Å². The van der Waals surface area contributed by atoms with Crippen molar-refractivity contribution in [2.75, 3.05) is 11.0 Å². The molecule has 0 radical (unpaired) electrons. The third-order valence-corrected chi connectivity index (χ3v) is 2.58. The zero-order valence-electron chi connectivity index (χ0n) is 7.96. The Bertz CT molecular complexity index is 337. The number of nitrogens with one attached hydrogen (secondary N) is 1. The Labute approximate surface area is 101 Å². The number of hydrogen-bond acceptors (Lipinski definition) is 2. The Balaban J connectivity index is 2.73. The van der Waals surface area contributed by atoms with Crippen LogP contribution in [0.1, 0.15) is 16.8 Å². The van der Waals surface area contributed by atoms with Gasteiger partial charge in [-0.15, -0.1) is 0 Å². The Hall–Kier alpha value is -0.850. The van der Waals surface area contributed by atoms with Crippen LogP contribution in [0, 0.1) is 5.82 Å². The predicted molar refractivity (Wildman–Crippen MR) is 63.9 cm³/mol. The van der Waals surface area contributed by atoms with Crippen LogP contribution < -0.4 is 5.32 Å². The van der Waals surface area contributed by atoms with Crippen molar-refractivity contribution >= 4 is 28.5 Å². The number of amides is 1. The number of hydrogen-bond donors (Lipinski definition) is 2. The molecule has 0 unspecified atom stereocenters. The molecule has 0 saturated heterocycles. The molecule has 0 atom stereocenters. The van der Waals surface area contributed by atoms with Gasteiger partial charge in [-0.3, -0.25) is 4.79 Å². The minimum Gasteiger partial charge on any atom is -0.507 e. The Morgan fingerprint density at radius 3 is 2.87 bits per heavy atom. The van der Waals surface area contributed by atoms with E-state index in [1.54, 1.807) is 0 Å². The van der Waals surface area contributed by atoms with Crippen LogP contribution in [0.5, 0.6) is 5.75 Å². The molecule has 0 heterocycles. The molecule has 3 nitrogen and oxygen atoms in total. The first-order valence-corrected chi connectivity index (χ1v) is 6.01. The van der Waals surface area contributed by atoms with E-state index in [9.17, 15) is 14.3 Å². The smallest absolute Gasteiger partial charge is 0.258 e. The molecule has 1 aromatic rings. The van der Waals surface area contributed by atoms with E-state index >= 15 is 0 Å². The second kappa shape index (κ2) is 5.89. The van der Waals surface area contributed by atoms with E-state index in [2.05, 4.69) is 27.9 Å². The molecule has 5 heteroatoms. The largest absolute Gasteiger partial charge is 0.507 e. The molecule has 0 aliphatic rings. The van der Waals surface area contributed by atoms with E-state index in [-0.39, 0.29) is 11.3 Å². The van der Waals surface area contributed by atoms with E-state index in [4.69, 9.17) is 0 Å². The molecule has 0 aromatic heterocycles. The number of phenolic OH excluding ortho intramolecular Hbond substituents is 1. The first-order valence-electron chi connectivity index (χ1n) is 4.48. The van der Waals surface area contributed by atoms with Crippen molar-refractivity contribution in [3.63, 3.8) is 0 Å². The molecular weight excluding hydrogens is 312 g/mol. The zero-order valence-corrected chi connectivity index (χ0v) is 10.1. The van der Waals surface area contributed by atoms with Gasteiger partial charge in [0.05, 0.1) is 0 Å². The van der Waals surface area contributed by atoms with Gasteiger partial charge in [-0.25, -0.2) is 4.39 Å². The van der Waals surface area contributed by atoms with Crippen LogP contribution in [-0.2, 0) is 0 Å². The predicted octanol–water partition coefficient (Wildman–Crippen LogP) is 2.09. The fourth-order valence-corrected chi connectivity index (χ4v) is 1.48. The van der Waals surface area contributed by atoms with Gasteiger partial charge in [-0.2, -0.15) is 0 Å². The summed E-state index contributed by atoms with van der Waals surface area (Å²) in [4.78, 5) is 11.4. The minimum atomic E-state index is -0.707. The molecule has 1 rings (SSSR count). The molecular formula is C10H11FINO2. The van der Waals surface area contributed by atoms with Crippen molar-refractivity contribution in [1.29, 1.82) is 0 Å². The van der Waals surface area contributed by atoms with Crippen LogP contribution in [0.25, 0.3) is 0 Å². The lowest BCUT2D eigenvalue weighted by molar-refractivity contribution is 0.0947. The minimum absolute atomic E-state index is 0.286. The summed E-state index contributed by atoms with van der Waals surface area (Å²) in [5, 5.41) is 11.9. The van der Waals surface area contributed by atoms with Gasteiger partial charge in [0.2, 0.25) is 0 Å². The van der Waals surface area contributed by atoms with Crippen LogP contribution in [0.3, 0.4) is 0 Å². The maximum Gasteiger partial charge on any atom is 0.258 e. The standard InChI is InChI=1S/C10H11FINO2/c11-7-3-1-4-8(14)9(7)10(15)13-6-2-5-12/h1,3-4,14H,2,5-6H2,(H,13,15). The Kier molecular flexibility index (Phi) is 4.80. The maximum atomic E-state index is 13.2. The first kappa shape index (κ1) is 12.2. The van der Waals surface area contributed by atoms with Gasteiger partial charge in [0.15, 0.2) is 0 Å². The highest BCUT2D eigenvalue weighted by Crippen LogP contribution is 2.19. The lowest BCUT2D eigenvalue weighted by atomic mass is 10.1. The third kappa shape index (κ3) is 3.33. The molecule has 0 aliphatic heterocycles. The van der Waals surface area contributed by atoms with Gasteiger partial charge < -0.3 is 10.4 Å². The Morgan fingerprint density at radius 1 is 1.53 bits per heavy atom. The third-order valence-electron chi connectivity index (χ3n) is 1.81. The number of benzene rings is 1. The highest BCUT2D eigenvalue weighted by atomic mass is 127. The summed E-state index contributed by atoms with van der Waals surface area (Å²) < 4.78 is 14.1. The van der Waals surface area contributed by atoms with Crippen molar-refractivity contribution in [3.8, 4) is 5.75 Å². The van der Waals surface area contributed by atoms with Gasteiger partial charge in [0, 0.05) is 11.0 Å². The highest BCUT2D eigenvalue weighted by molar-refractivity contribution is 14.1. The number of halogens is 2. The lowest BCUT2D eigenvalue weighted by Gasteiger charge is -2.06. The average Bonchev–Trinajstić information content (AvgIpc) is 2.18. The molecule has 0 bridgehead atoms. The zero-order chi connectivity index (χ0) is 11.3. The number of aromatic hydroxyl groups is 1. The summed E-state index contributed by atoms with van der Waals surface area (Å²) in [5.41, 5.74) is -0.286. The average molecular weight is 323 g/mol. The van der Waals surface area contributed by atoms with Crippen molar-refractivity contribution in [2.24, 2.45) is 0 Å². The van der Waals surface area contributed by atoms with Gasteiger partial charge in [-0.1, -0.05) is 28.7 Å². The highest BCUT2D eigenvalue weighted by Gasteiger charge is 2.15. The van der Waals surface area contributed by atoms with Gasteiger partial charge >= 0.3 is 0 Å². The van der Waals surface area contributed by atoms with Crippen LogP contribution in [0.4, 0.5) is 4.39 Å². The Morgan fingerprint density at radius 2 is 2.27 bits per heavy atom. The summed E-state index contributed by atoms with van der Waals surface area (Å²) in [6.45, 7) is 0.482. The summed E-state index contributed by atoms with van der Waals surface area (Å²) in [7, 11) is 0. The van der Waals surface area contributed by atoms with Crippen LogP contribution in [0.15, 0.2) is 18.2 Å². The topological polar surface area (TPSA) is 49.3 Å². The SMILES string of the molecule is O=C(NCCCI)c1c(O)cccc1F. The second-order valence-electron chi connectivity index (χ2n) is 2.93. The monoisotopic (exact) mass is 323 g/mol. The summed E-state index contributed by atoms with van der Waals surface area (Å²) in [5.74, 6) is -1.61. The van der Waals surface area contributed by atoms with Crippen molar-refractivity contribution < 1.29 is 14.3 Å². The maximum absolute atomic E-state index is 13.2. The van der Waals surface area contributed by atoms with E-state index < -0.39 is 11.7 Å². The van der Waals surface area contributed by atoms with Gasteiger partial charge in [0.1, 0.15) is 17.1 Å². The summed E-state index contributed by atoms with van der Waals surface area (Å²) in [6, 6.07) is 3.79. The molecule has 2 N–H and O–H groups in total. The molecule has 15 heavy (non-hydrogen) atoms. The number of carbonyl (C=O) groups is 1. The van der Waals surface area contributed by atoms with E-state index in [0.717, 1.165) is 16.9 Å². The normalized spacial score (nSPS) is 10.0. The molecule has 0 aliphatic carbocycles. The molecule has 1 amide bonds. The van der Waals surface area contributed by atoms with Crippen LogP contribution >= 0.6 is 22.6 Å². The van der Waals surface area contributed by atoms with Crippen molar-refractivity contribution in [3.05, 3.63) is 29.6 Å². The number of rotatable bonds is 4. The fraction of sp³-hybridized carbons (Fsp3) is 0.300. The molecule has 1 aromatic carbocycles. The summed E-state index contributed by atoms with van der Waals surface area (Å²) >= 11 is 2.19. The number of phenols is 1. The van der Waals surface area contributed by atoms with Crippen molar-refractivity contribution in [2.45, 2.75) is 6.42 Å². The quantitative estimate of drug-likeness (QED) is 0.506.